The lowest BCUT2D eigenvalue weighted by Gasteiger charge is -2.33. The summed E-state index contributed by atoms with van der Waals surface area (Å²) in [6.45, 7) is 9.49. The van der Waals surface area contributed by atoms with Crippen molar-refractivity contribution in [3.63, 3.8) is 0 Å². The second-order valence-corrected chi connectivity index (χ2v) is 6.38. The largest absolute Gasteiger partial charge is 0.483 e. The summed E-state index contributed by atoms with van der Waals surface area (Å²) in [7, 11) is 0. The van der Waals surface area contributed by atoms with Crippen LogP contribution in [-0.2, 0) is 11.3 Å². The first-order valence-corrected chi connectivity index (χ1v) is 8.51. The molecule has 0 atom stereocenters. The van der Waals surface area contributed by atoms with Crippen molar-refractivity contribution in [2.24, 2.45) is 0 Å². The van der Waals surface area contributed by atoms with Crippen molar-refractivity contribution in [1.29, 1.82) is 0 Å². The fraction of sp³-hybridized carbons (Fsp3) is 0.500. The quantitative estimate of drug-likeness (QED) is 0.822. The van der Waals surface area contributed by atoms with Gasteiger partial charge in [-0.05, 0) is 38.0 Å². The number of aryl methyl sites for hydroxylation is 2. The molecule has 2 aromatic rings. The number of carbonyl (C=O) groups excluding carboxylic acids is 1. The average Bonchev–Trinajstić information content (AvgIpc) is 3.01. The number of hydrogen-bond donors (Lipinski definition) is 0. The molecule has 0 aliphatic carbocycles. The predicted octanol–water partition coefficient (Wildman–Crippen LogP) is 1.72. The molecule has 0 unspecified atom stereocenters. The van der Waals surface area contributed by atoms with E-state index in [-0.39, 0.29) is 12.5 Å². The maximum Gasteiger partial charge on any atom is 0.260 e. The van der Waals surface area contributed by atoms with Gasteiger partial charge in [-0.1, -0.05) is 17.3 Å². The molecule has 0 spiro atoms. The minimum atomic E-state index is 0.0224. The molecule has 0 bridgehead atoms. The molecule has 7 heteroatoms. The Morgan fingerprint density at radius 3 is 2.64 bits per heavy atom. The Kier molecular flexibility index (Phi) is 5.33. The summed E-state index contributed by atoms with van der Waals surface area (Å²) in [5.74, 6) is 2.07. The zero-order valence-electron chi connectivity index (χ0n) is 15.0. The monoisotopic (exact) mass is 344 g/mol. The van der Waals surface area contributed by atoms with Crippen molar-refractivity contribution in [1.82, 2.24) is 19.9 Å². The lowest BCUT2D eigenvalue weighted by atomic mass is 10.1. The predicted molar refractivity (Wildman–Crippen MR) is 92.3 cm³/mol. The first-order chi connectivity index (χ1) is 12.0. The van der Waals surface area contributed by atoms with Gasteiger partial charge in [-0.15, -0.1) is 0 Å². The topological polar surface area (TPSA) is 71.7 Å². The third kappa shape index (κ3) is 4.36. The van der Waals surface area contributed by atoms with E-state index in [4.69, 9.17) is 9.26 Å². The van der Waals surface area contributed by atoms with Gasteiger partial charge in [0.1, 0.15) is 5.75 Å². The molecule has 1 aromatic heterocycles. The van der Waals surface area contributed by atoms with E-state index in [9.17, 15) is 4.79 Å². The highest BCUT2D eigenvalue weighted by molar-refractivity contribution is 5.78. The van der Waals surface area contributed by atoms with E-state index >= 15 is 0 Å². The first-order valence-electron chi connectivity index (χ1n) is 8.51. The third-order valence-electron chi connectivity index (χ3n) is 4.56. The van der Waals surface area contributed by atoms with E-state index < -0.39 is 0 Å². The highest BCUT2D eigenvalue weighted by Gasteiger charge is 2.22. The van der Waals surface area contributed by atoms with Gasteiger partial charge in [0.05, 0.1) is 6.54 Å². The average molecular weight is 344 g/mol. The third-order valence-corrected chi connectivity index (χ3v) is 4.56. The molecule has 0 N–H and O–H groups in total. The van der Waals surface area contributed by atoms with Gasteiger partial charge in [0.25, 0.3) is 5.91 Å². The number of rotatable bonds is 5. The Labute approximate surface area is 147 Å². The van der Waals surface area contributed by atoms with Gasteiger partial charge < -0.3 is 14.2 Å². The van der Waals surface area contributed by atoms with Crippen LogP contribution in [0.15, 0.2) is 22.7 Å². The Hall–Kier alpha value is -2.41. The molecule has 2 heterocycles. The standard InChI is InChI=1S/C18H24N4O3/c1-13-5-4-6-16(14(13)2)24-12-18(23)22-9-7-21(8-10-22)11-17-19-15(3)20-25-17/h4-6H,7-12H2,1-3H3. The highest BCUT2D eigenvalue weighted by Crippen LogP contribution is 2.20. The van der Waals surface area contributed by atoms with Crippen molar-refractivity contribution < 1.29 is 14.1 Å². The molecule has 0 saturated carbocycles. The van der Waals surface area contributed by atoms with E-state index in [2.05, 4.69) is 15.0 Å². The van der Waals surface area contributed by atoms with Crippen molar-refractivity contribution >= 4 is 5.91 Å². The number of ether oxygens (including phenoxy) is 1. The van der Waals surface area contributed by atoms with Crippen LogP contribution in [-0.4, -0.2) is 58.6 Å². The summed E-state index contributed by atoms with van der Waals surface area (Å²) >= 11 is 0. The molecule has 7 nitrogen and oxygen atoms in total. The van der Waals surface area contributed by atoms with Crippen LogP contribution in [0, 0.1) is 20.8 Å². The first kappa shape index (κ1) is 17.4. The minimum absolute atomic E-state index is 0.0224. The van der Waals surface area contributed by atoms with Gasteiger partial charge >= 0.3 is 0 Å². The summed E-state index contributed by atoms with van der Waals surface area (Å²) in [6.07, 6.45) is 0. The van der Waals surface area contributed by atoms with Crippen molar-refractivity contribution in [2.75, 3.05) is 32.8 Å². The van der Waals surface area contributed by atoms with Crippen LogP contribution in [0.4, 0.5) is 0 Å². The zero-order chi connectivity index (χ0) is 17.8. The van der Waals surface area contributed by atoms with Crippen LogP contribution in [0.5, 0.6) is 5.75 Å². The number of amides is 1. The summed E-state index contributed by atoms with van der Waals surface area (Å²) in [5, 5.41) is 3.80. The molecule has 25 heavy (non-hydrogen) atoms. The summed E-state index contributed by atoms with van der Waals surface area (Å²) in [4.78, 5) is 20.7. The fourth-order valence-electron chi connectivity index (χ4n) is 2.86. The van der Waals surface area contributed by atoms with Gasteiger partial charge in [-0.2, -0.15) is 4.98 Å². The summed E-state index contributed by atoms with van der Waals surface area (Å²) in [5.41, 5.74) is 2.24. The maximum atomic E-state index is 12.4. The molecule has 3 rings (SSSR count). The molecule has 1 aromatic carbocycles. The van der Waals surface area contributed by atoms with Gasteiger partial charge in [0, 0.05) is 26.2 Å². The lowest BCUT2D eigenvalue weighted by molar-refractivity contribution is -0.135. The van der Waals surface area contributed by atoms with Gasteiger partial charge in [0.2, 0.25) is 5.89 Å². The summed E-state index contributed by atoms with van der Waals surface area (Å²) in [6, 6.07) is 5.88. The van der Waals surface area contributed by atoms with Crippen molar-refractivity contribution in [2.45, 2.75) is 27.3 Å². The van der Waals surface area contributed by atoms with E-state index in [1.54, 1.807) is 6.92 Å². The van der Waals surface area contributed by atoms with Gasteiger partial charge in [-0.25, -0.2) is 0 Å². The van der Waals surface area contributed by atoms with Crippen molar-refractivity contribution in [3.05, 3.63) is 41.0 Å². The molecular weight excluding hydrogens is 320 g/mol. The van der Waals surface area contributed by atoms with Crippen LogP contribution >= 0.6 is 0 Å². The number of carbonyl (C=O) groups is 1. The Bertz CT molecular complexity index is 736. The molecule has 1 fully saturated rings. The Morgan fingerprint density at radius 1 is 1.20 bits per heavy atom. The normalized spacial score (nSPS) is 15.4. The molecule has 134 valence electrons. The molecule has 1 aliphatic rings. The molecular formula is C18H24N4O3. The Morgan fingerprint density at radius 2 is 1.96 bits per heavy atom. The van der Waals surface area contributed by atoms with E-state index in [0.29, 0.717) is 31.3 Å². The number of aromatic nitrogens is 2. The zero-order valence-corrected chi connectivity index (χ0v) is 15.0. The van der Waals surface area contributed by atoms with Crippen LogP contribution in [0.25, 0.3) is 0 Å². The lowest BCUT2D eigenvalue weighted by Crippen LogP contribution is -2.49. The number of piperazine rings is 1. The SMILES string of the molecule is Cc1noc(CN2CCN(C(=O)COc3cccc(C)c3C)CC2)n1. The molecule has 1 saturated heterocycles. The molecule has 1 aliphatic heterocycles. The fourth-order valence-corrected chi connectivity index (χ4v) is 2.86. The number of hydrogen-bond acceptors (Lipinski definition) is 6. The number of nitrogens with zero attached hydrogens (tertiary/aromatic N) is 4. The maximum absolute atomic E-state index is 12.4. The smallest absolute Gasteiger partial charge is 0.260 e. The van der Waals surface area contributed by atoms with Crippen LogP contribution in [0.1, 0.15) is 22.8 Å². The van der Waals surface area contributed by atoms with Gasteiger partial charge in [-0.3, -0.25) is 9.69 Å². The molecule has 0 radical (unpaired) electrons. The van der Waals surface area contributed by atoms with Crippen LogP contribution in [0.2, 0.25) is 0 Å². The summed E-state index contributed by atoms with van der Waals surface area (Å²) < 4.78 is 10.9. The van der Waals surface area contributed by atoms with Crippen LogP contribution in [0.3, 0.4) is 0 Å². The number of benzene rings is 1. The van der Waals surface area contributed by atoms with Crippen LogP contribution < -0.4 is 4.74 Å². The highest BCUT2D eigenvalue weighted by atomic mass is 16.5. The Balaban J connectivity index is 1.46. The minimum Gasteiger partial charge on any atom is -0.483 e. The van der Waals surface area contributed by atoms with E-state index in [0.717, 1.165) is 30.0 Å². The second kappa shape index (κ2) is 7.65. The van der Waals surface area contributed by atoms with Crippen molar-refractivity contribution in [3.8, 4) is 5.75 Å². The second-order valence-electron chi connectivity index (χ2n) is 6.38. The van der Waals surface area contributed by atoms with E-state index in [1.165, 1.54) is 0 Å². The molecule has 1 amide bonds. The van der Waals surface area contributed by atoms with Gasteiger partial charge in [0.15, 0.2) is 12.4 Å². The van der Waals surface area contributed by atoms with E-state index in [1.807, 2.05) is 36.9 Å².